The first kappa shape index (κ1) is 10.6. The minimum Gasteiger partial charge on any atom is -0.508 e. The molecular weight excluding hydrogens is 235 g/mol. The fourth-order valence-corrected chi connectivity index (χ4v) is 1.98. The minimum atomic E-state index is -0.483. The van der Waals surface area contributed by atoms with Crippen LogP contribution in [0, 0.1) is 5.82 Å². The fourth-order valence-electron chi connectivity index (χ4n) is 1.98. The summed E-state index contributed by atoms with van der Waals surface area (Å²) in [5.74, 6) is -0.436. The van der Waals surface area contributed by atoms with Gasteiger partial charge in [-0.05, 0) is 24.3 Å². The Kier molecular flexibility index (Phi) is 2.19. The second kappa shape index (κ2) is 3.73. The molecule has 0 radical (unpaired) electrons. The molecule has 18 heavy (non-hydrogen) atoms. The standard InChI is InChI=1S/C13H9FN2O2/c14-10-5-2-6-11-12(10)15-13(18)16(11)8-3-1-4-9(17)7-8/h1-7,17H,(H,15,18). The summed E-state index contributed by atoms with van der Waals surface area (Å²) in [6.45, 7) is 0. The van der Waals surface area contributed by atoms with Crippen molar-refractivity contribution in [1.82, 2.24) is 9.55 Å². The van der Waals surface area contributed by atoms with Crippen molar-refractivity contribution in [2.24, 2.45) is 0 Å². The Hall–Kier alpha value is -2.56. The van der Waals surface area contributed by atoms with Gasteiger partial charge in [-0.15, -0.1) is 0 Å². The van der Waals surface area contributed by atoms with Crippen molar-refractivity contribution in [2.45, 2.75) is 0 Å². The Labute approximate surface area is 101 Å². The number of nitrogens with one attached hydrogen (secondary N) is 1. The number of fused-ring (bicyclic) bond motifs is 1. The van der Waals surface area contributed by atoms with Crippen LogP contribution in [0.2, 0.25) is 0 Å². The summed E-state index contributed by atoms with van der Waals surface area (Å²) in [7, 11) is 0. The zero-order valence-electron chi connectivity index (χ0n) is 9.22. The maximum absolute atomic E-state index is 13.5. The average molecular weight is 244 g/mol. The number of halogens is 1. The molecule has 0 aliphatic carbocycles. The fraction of sp³-hybridized carbons (Fsp3) is 0. The van der Waals surface area contributed by atoms with Crippen molar-refractivity contribution in [2.75, 3.05) is 0 Å². The monoisotopic (exact) mass is 244 g/mol. The summed E-state index contributed by atoms with van der Waals surface area (Å²) in [4.78, 5) is 14.3. The Morgan fingerprint density at radius 1 is 1.17 bits per heavy atom. The number of para-hydroxylation sites is 1. The number of H-pyrrole nitrogens is 1. The molecule has 1 aromatic heterocycles. The SMILES string of the molecule is O=c1[nH]c2c(F)cccc2n1-c1cccc(O)c1. The number of aromatic nitrogens is 2. The van der Waals surface area contributed by atoms with Gasteiger partial charge in [0, 0.05) is 6.07 Å². The largest absolute Gasteiger partial charge is 0.508 e. The van der Waals surface area contributed by atoms with Crippen molar-refractivity contribution >= 4 is 11.0 Å². The molecule has 0 fully saturated rings. The lowest BCUT2D eigenvalue weighted by molar-refractivity contribution is 0.475. The van der Waals surface area contributed by atoms with Crippen molar-refractivity contribution in [3.8, 4) is 11.4 Å². The smallest absolute Gasteiger partial charge is 0.331 e. The molecule has 2 N–H and O–H groups in total. The van der Waals surface area contributed by atoms with Gasteiger partial charge in [-0.25, -0.2) is 9.18 Å². The van der Waals surface area contributed by atoms with Crippen molar-refractivity contribution in [3.63, 3.8) is 0 Å². The average Bonchev–Trinajstić information content (AvgIpc) is 2.67. The number of aromatic hydroxyl groups is 1. The van der Waals surface area contributed by atoms with Crippen LogP contribution in [0.25, 0.3) is 16.7 Å². The summed E-state index contributed by atoms with van der Waals surface area (Å²) in [5, 5.41) is 9.43. The van der Waals surface area contributed by atoms with E-state index in [1.54, 1.807) is 18.2 Å². The number of hydrogen-bond donors (Lipinski definition) is 2. The Bertz CT molecular complexity index is 789. The third-order valence-corrected chi connectivity index (χ3v) is 2.76. The predicted molar refractivity (Wildman–Crippen MR) is 65.5 cm³/mol. The summed E-state index contributed by atoms with van der Waals surface area (Å²) >= 11 is 0. The van der Waals surface area contributed by atoms with Crippen LogP contribution in [0.5, 0.6) is 5.75 Å². The molecular formula is C13H9FN2O2. The molecule has 0 aliphatic heterocycles. The molecule has 4 nitrogen and oxygen atoms in total. The van der Waals surface area contributed by atoms with Crippen LogP contribution < -0.4 is 5.69 Å². The number of nitrogens with zero attached hydrogens (tertiary/aromatic N) is 1. The van der Waals surface area contributed by atoms with E-state index >= 15 is 0 Å². The first-order chi connectivity index (χ1) is 8.66. The van der Waals surface area contributed by atoms with Gasteiger partial charge in [0.05, 0.1) is 11.2 Å². The molecule has 3 rings (SSSR count). The zero-order valence-corrected chi connectivity index (χ0v) is 9.22. The molecule has 1 heterocycles. The molecule has 0 saturated heterocycles. The zero-order chi connectivity index (χ0) is 12.7. The highest BCUT2D eigenvalue weighted by Gasteiger charge is 2.11. The molecule has 0 unspecified atom stereocenters. The van der Waals surface area contributed by atoms with Crippen molar-refractivity contribution in [3.05, 3.63) is 58.8 Å². The van der Waals surface area contributed by atoms with E-state index in [-0.39, 0.29) is 11.3 Å². The van der Waals surface area contributed by atoms with E-state index in [0.717, 1.165) is 0 Å². The van der Waals surface area contributed by atoms with Gasteiger partial charge >= 0.3 is 5.69 Å². The molecule has 0 spiro atoms. The lowest BCUT2D eigenvalue weighted by Crippen LogP contribution is -2.14. The van der Waals surface area contributed by atoms with Gasteiger partial charge < -0.3 is 10.1 Å². The van der Waals surface area contributed by atoms with Gasteiger partial charge in [0.2, 0.25) is 0 Å². The quantitative estimate of drug-likeness (QED) is 0.689. The third kappa shape index (κ3) is 1.48. The van der Waals surface area contributed by atoms with Crippen LogP contribution in [0.15, 0.2) is 47.3 Å². The normalized spacial score (nSPS) is 10.9. The van der Waals surface area contributed by atoms with E-state index in [4.69, 9.17) is 0 Å². The van der Waals surface area contributed by atoms with Gasteiger partial charge in [-0.2, -0.15) is 0 Å². The maximum Gasteiger partial charge on any atom is 0.331 e. The summed E-state index contributed by atoms with van der Waals surface area (Å²) < 4.78 is 14.9. The number of imidazole rings is 1. The molecule has 0 atom stereocenters. The lowest BCUT2D eigenvalue weighted by atomic mass is 10.2. The van der Waals surface area contributed by atoms with Gasteiger partial charge in [-0.1, -0.05) is 12.1 Å². The molecule has 0 bridgehead atoms. The first-order valence-corrected chi connectivity index (χ1v) is 5.35. The molecule has 90 valence electrons. The second-order valence-corrected chi connectivity index (χ2v) is 3.92. The minimum absolute atomic E-state index is 0.0464. The van der Waals surface area contributed by atoms with E-state index in [2.05, 4.69) is 4.98 Å². The van der Waals surface area contributed by atoms with Gasteiger partial charge in [-0.3, -0.25) is 4.57 Å². The molecule has 0 aliphatic rings. The number of phenols is 1. The van der Waals surface area contributed by atoms with Crippen molar-refractivity contribution in [1.29, 1.82) is 0 Å². The van der Waals surface area contributed by atoms with Crippen LogP contribution in [-0.2, 0) is 0 Å². The lowest BCUT2D eigenvalue weighted by Gasteiger charge is -2.03. The Morgan fingerprint density at radius 2 is 1.94 bits per heavy atom. The molecule has 5 heteroatoms. The van der Waals surface area contributed by atoms with E-state index in [1.807, 2.05) is 0 Å². The summed E-state index contributed by atoms with van der Waals surface area (Å²) in [5.41, 5.74) is 0.633. The Balaban J connectivity index is 2.39. The van der Waals surface area contributed by atoms with Gasteiger partial charge in [0.1, 0.15) is 17.1 Å². The maximum atomic E-state index is 13.5. The number of phenolic OH excluding ortho intramolecular Hbond substituents is 1. The van der Waals surface area contributed by atoms with E-state index in [9.17, 15) is 14.3 Å². The third-order valence-electron chi connectivity index (χ3n) is 2.76. The molecule has 2 aromatic carbocycles. The molecule has 0 amide bonds. The highest BCUT2D eigenvalue weighted by atomic mass is 19.1. The van der Waals surface area contributed by atoms with E-state index in [0.29, 0.717) is 11.2 Å². The topological polar surface area (TPSA) is 58.0 Å². The molecule has 0 saturated carbocycles. The van der Waals surface area contributed by atoms with Gasteiger partial charge in [0.15, 0.2) is 0 Å². The van der Waals surface area contributed by atoms with Crippen LogP contribution >= 0.6 is 0 Å². The number of rotatable bonds is 1. The van der Waals surface area contributed by atoms with Crippen LogP contribution in [0.1, 0.15) is 0 Å². The number of aromatic amines is 1. The van der Waals surface area contributed by atoms with E-state index in [1.165, 1.54) is 28.8 Å². The van der Waals surface area contributed by atoms with Crippen LogP contribution in [0.3, 0.4) is 0 Å². The van der Waals surface area contributed by atoms with E-state index < -0.39 is 11.5 Å². The van der Waals surface area contributed by atoms with Crippen LogP contribution in [-0.4, -0.2) is 14.7 Å². The molecule has 3 aromatic rings. The highest BCUT2D eigenvalue weighted by Crippen LogP contribution is 2.20. The number of hydrogen-bond acceptors (Lipinski definition) is 2. The van der Waals surface area contributed by atoms with Gasteiger partial charge in [0.25, 0.3) is 0 Å². The first-order valence-electron chi connectivity index (χ1n) is 5.35. The highest BCUT2D eigenvalue weighted by molar-refractivity contribution is 5.77. The second-order valence-electron chi connectivity index (χ2n) is 3.92. The number of benzene rings is 2. The van der Waals surface area contributed by atoms with Crippen molar-refractivity contribution < 1.29 is 9.50 Å². The summed E-state index contributed by atoms with van der Waals surface area (Å²) in [6.07, 6.45) is 0. The predicted octanol–water partition coefficient (Wildman–Crippen LogP) is 2.16. The summed E-state index contributed by atoms with van der Waals surface area (Å²) in [6, 6.07) is 10.7. The van der Waals surface area contributed by atoms with Crippen LogP contribution in [0.4, 0.5) is 4.39 Å². The Morgan fingerprint density at radius 3 is 2.72 bits per heavy atom.